The van der Waals surface area contributed by atoms with E-state index in [4.69, 9.17) is 9.05 Å². The molecule has 452 valence electrons. The largest absolute Gasteiger partial charge is 0.472 e. The predicted molar refractivity (Wildman–Crippen MR) is 341 cm³/mol. The number of hydrogen-bond donors (Lipinski definition) is 3. The Morgan fingerprint density at radius 1 is 0.449 bits per heavy atom. The van der Waals surface area contributed by atoms with Crippen LogP contribution in [0.4, 0.5) is 0 Å². The third kappa shape index (κ3) is 61.0. The fourth-order valence-corrected chi connectivity index (χ4v) is 9.98. The van der Waals surface area contributed by atoms with Crippen molar-refractivity contribution in [2.75, 3.05) is 40.9 Å². The minimum Gasteiger partial charge on any atom is -0.387 e. The Labute approximate surface area is 483 Å². The van der Waals surface area contributed by atoms with Crippen molar-refractivity contribution in [1.29, 1.82) is 0 Å². The molecule has 1 amide bonds. The van der Waals surface area contributed by atoms with Crippen LogP contribution in [-0.2, 0) is 18.4 Å². The zero-order chi connectivity index (χ0) is 57.0. The van der Waals surface area contributed by atoms with E-state index in [1.165, 1.54) is 173 Å². The van der Waals surface area contributed by atoms with E-state index in [1.807, 2.05) is 27.2 Å². The van der Waals surface area contributed by atoms with Crippen molar-refractivity contribution in [3.05, 3.63) is 97.2 Å². The summed E-state index contributed by atoms with van der Waals surface area (Å²) in [5.41, 5.74) is 0. The van der Waals surface area contributed by atoms with E-state index < -0.39 is 20.0 Å². The molecule has 0 radical (unpaired) electrons. The van der Waals surface area contributed by atoms with Crippen LogP contribution in [0.25, 0.3) is 0 Å². The molecule has 0 aromatic heterocycles. The quantitative estimate of drug-likeness (QED) is 0.0243. The van der Waals surface area contributed by atoms with Crippen LogP contribution in [0.5, 0.6) is 0 Å². The molecule has 0 heterocycles. The van der Waals surface area contributed by atoms with Gasteiger partial charge in [0.05, 0.1) is 39.9 Å². The van der Waals surface area contributed by atoms with Gasteiger partial charge in [-0.25, -0.2) is 4.57 Å². The molecule has 3 atom stereocenters. The number of quaternary nitrogens is 1. The molecule has 9 heteroatoms. The number of allylic oxidation sites excluding steroid dienone is 15. The summed E-state index contributed by atoms with van der Waals surface area (Å²) < 4.78 is 23.7. The Morgan fingerprint density at radius 3 is 1.18 bits per heavy atom. The molecule has 78 heavy (non-hydrogen) atoms. The van der Waals surface area contributed by atoms with Crippen LogP contribution in [0.15, 0.2) is 97.2 Å². The van der Waals surface area contributed by atoms with Crippen LogP contribution in [0, 0.1) is 0 Å². The maximum atomic E-state index is 13.0. The molecule has 0 spiro atoms. The topological polar surface area (TPSA) is 105 Å². The van der Waals surface area contributed by atoms with Crippen LogP contribution < -0.4 is 5.32 Å². The standard InChI is InChI=1S/C69H125N2O6P/c1-6-8-10-12-14-16-18-20-22-24-26-28-30-32-33-34-35-36-37-39-40-42-44-46-48-50-52-54-56-58-60-62-68(72)67(66-77-78(74,75)76-65-64-71(3,4)5)70-69(73)63-61-59-57-55-53-51-49-47-45-43-41-38-31-29-27-25-23-21-19-17-15-13-11-9-7-2/h9,11,15,17,21,23,27,29,38,41,45,47,52,54,60,62,67-68,72H,6-8,10,12-14,16,18-20,22,24-26,28,30-37,39-40,42-44,46,48-51,53,55-59,61,63-66H2,1-5H3,(H-,70,73,74,75)/p+1/b11-9-,17-15-,23-21-,29-27-,41-38-,47-45-,54-52+,62-60+. The molecule has 0 rings (SSSR count). The number of carbonyl (C=O) groups excluding carboxylic acids is 1. The number of likely N-dealkylation sites (N-methyl/N-ethyl adjacent to an activating group) is 1. The third-order valence-electron chi connectivity index (χ3n) is 14.3. The van der Waals surface area contributed by atoms with Crippen molar-refractivity contribution < 1.29 is 32.9 Å². The summed E-state index contributed by atoms with van der Waals surface area (Å²) in [6, 6.07) is -0.880. The van der Waals surface area contributed by atoms with Crippen molar-refractivity contribution in [2.24, 2.45) is 0 Å². The van der Waals surface area contributed by atoms with Crippen molar-refractivity contribution >= 4 is 13.7 Å². The Bertz CT molecular complexity index is 1590. The molecule has 0 saturated carbocycles. The second kappa shape index (κ2) is 59.1. The Kier molecular flexibility index (Phi) is 57.1. The first-order chi connectivity index (χ1) is 38.0. The number of nitrogens with zero attached hydrogens (tertiary/aromatic N) is 1. The first kappa shape index (κ1) is 75.4. The average Bonchev–Trinajstić information content (AvgIpc) is 3.41. The van der Waals surface area contributed by atoms with Gasteiger partial charge in [0.2, 0.25) is 5.91 Å². The Morgan fingerprint density at radius 2 is 0.782 bits per heavy atom. The van der Waals surface area contributed by atoms with Crippen LogP contribution in [0.2, 0.25) is 0 Å². The number of rotatable bonds is 59. The first-order valence-electron chi connectivity index (χ1n) is 32.6. The Hall–Kier alpha value is -2.58. The highest BCUT2D eigenvalue weighted by atomic mass is 31.2. The van der Waals surface area contributed by atoms with Crippen LogP contribution in [0.3, 0.4) is 0 Å². The summed E-state index contributed by atoms with van der Waals surface area (Å²) >= 11 is 0. The fourth-order valence-electron chi connectivity index (χ4n) is 9.24. The molecule has 0 aromatic carbocycles. The fraction of sp³-hybridized carbons (Fsp3) is 0.754. The second-order valence-corrected chi connectivity index (χ2v) is 24.6. The average molecular weight is 1110 g/mol. The molecule has 8 nitrogen and oxygen atoms in total. The Balaban J connectivity index is 4.21. The summed E-state index contributed by atoms with van der Waals surface area (Å²) in [7, 11) is 1.54. The van der Waals surface area contributed by atoms with Gasteiger partial charge in [-0.2, -0.15) is 0 Å². The molecule has 0 fully saturated rings. The molecule has 3 N–H and O–H groups in total. The lowest BCUT2D eigenvalue weighted by Gasteiger charge is -2.25. The number of nitrogens with one attached hydrogen (secondary N) is 1. The molecule has 0 aliphatic carbocycles. The minimum atomic E-state index is -4.37. The van der Waals surface area contributed by atoms with E-state index in [0.717, 1.165) is 89.9 Å². The number of amides is 1. The zero-order valence-electron chi connectivity index (χ0n) is 51.6. The van der Waals surface area contributed by atoms with Crippen molar-refractivity contribution in [3.8, 4) is 0 Å². The van der Waals surface area contributed by atoms with Crippen molar-refractivity contribution in [3.63, 3.8) is 0 Å². The van der Waals surface area contributed by atoms with Gasteiger partial charge in [-0.05, 0) is 83.5 Å². The molecule has 0 aliphatic rings. The monoisotopic (exact) mass is 1110 g/mol. The summed E-state index contributed by atoms with van der Waals surface area (Å²) in [5, 5.41) is 14.0. The van der Waals surface area contributed by atoms with E-state index in [-0.39, 0.29) is 19.1 Å². The number of phosphoric ester groups is 1. The zero-order valence-corrected chi connectivity index (χ0v) is 52.5. The molecule has 3 unspecified atom stereocenters. The van der Waals surface area contributed by atoms with Gasteiger partial charge in [0, 0.05) is 6.42 Å². The van der Waals surface area contributed by atoms with Gasteiger partial charge in [0.1, 0.15) is 13.2 Å². The SMILES string of the molecule is CC/C=C\C/C=C\C/C=C\C/C=C\C/C=C\C/C=C\CCCCCCCCC(=O)NC(COP(=O)(O)OCC[N+](C)(C)C)C(O)/C=C/CC/C=C/CCCCCCCCCCCCCCCCCCCCCCCCCCC. The van der Waals surface area contributed by atoms with E-state index in [2.05, 4.69) is 104 Å². The minimum absolute atomic E-state index is 0.0481. The maximum absolute atomic E-state index is 13.0. The summed E-state index contributed by atoms with van der Waals surface area (Å²) in [6.07, 6.45) is 85.4. The van der Waals surface area contributed by atoms with Gasteiger partial charge >= 0.3 is 7.82 Å². The van der Waals surface area contributed by atoms with Crippen LogP contribution in [0.1, 0.15) is 284 Å². The first-order valence-corrected chi connectivity index (χ1v) is 34.1. The van der Waals surface area contributed by atoms with Crippen molar-refractivity contribution in [2.45, 2.75) is 296 Å². The highest BCUT2D eigenvalue weighted by molar-refractivity contribution is 7.47. The molecular weight excluding hydrogens is 984 g/mol. The molecule has 0 bridgehead atoms. The number of unbranched alkanes of at least 4 members (excludes halogenated alkanes) is 32. The number of carbonyl (C=O) groups is 1. The lowest BCUT2D eigenvalue weighted by molar-refractivity contribution is -0.870. The molecular formula is C69H126N2O6P+. The number of aliphatic hydroxyl groups is 1. The van der Waals surface area contributed by atoms with Gasteiger partial charge in [0.25, 0.3) is 0 Å². The van der Waals surface area contributed by atoms with Crippen molar-refractivity contribution in [1.82, 2.24) is 5.32 Å². The summed E-state index contributed by atoms with van der Waals surface area (Å²) in [5.74, 6) is -0.203. The number of hydrogen-bond acceptors (Lipinski definition) is 5. The van der Waals surface area contributed by atoms with Gasteiger partial charge in [0.15, 0.2) is 0 Å². The normalized spacial score (nSPS) is 14.4. The van der Waals surface area contributed by atoms with E-state index in [1.54, 1.807) is 6.08 Å². The molecule has 0 saturated heterocycles. The van der Waals surface area contributed by atoms with Gasteiger partial charge < -0.3 is 19.8 Å². The lowest BCUT2D eigenvalue weighted by Crippen LogP contribution is -2.45. The van der Waals surface area contributed by atoms with E-state index in [0.29, 0.717) is 17.4 Å². The predicted octanol–water partition coefficient (Wildman–Crippen LogP) is 20.5. The molecule has 0 aliphatic heterocycles. The maximum Gasteiger partial charge on any atom is 0.472 e. The number of phosphoric acid groups is 1. The van der Waals surface area contributed by atoms with Gasteiger partial charge in [-0.1, -0.05) is 291 Å². The highest BCUT2D eigenvalue weighted by Crippen LogP contribution is 2.43. The molecule has 0 aromatic rings. The third-order valence-corrected chi connectivity index (χ3v) is 15.3. The van der Waals surface area contributed by atoms with Crippen LogP contribution in [-0.4, -0.2) is 73.4 Å². The van der Waals surface area contributed by atoms with E-state index >= 15 is 0 Å². The smallest absolute Gasteiger partial charge is 0.387 e. The van der Waals surface area contributed by atoms with E-state index in [9.17, 15) is 19.4 Å². The number of aliphatic hydroxyl groups excluding tert-OH is 1. The van der Waals surface area contributed by atoms with Gasteiger partial charge in [-0.3, -0.25) is 13.8 Å². The second-order valence-electron chi connectivity index (χ2n) is 23.1. The summed E-state index contributed by atoms with van der Waals surface area (Å²) in [4.78, 5) is 23.4. The highest BCUT2D eigenvalue weighted by Gasteiger charge is 2.27. The lowest BCUT2D eigenvalue weighted by atomic mass is 10.0. The van der Waals surface area contributed by atoms with Crippen LogP contribution >= 0.6 is 7.82 Å². The van der Waals surface area contributed by atoms with Gasteiger partial charge in [-0.15, -0.1) is 0 Å². The summed E-state index contributed by atoms with van der Waals surface area (Å²) in [6.45, 7) is 4.69.